The molecule has 0 unspecified atom stereocenters. The van der Waals surface area contributed by atoms with E-state index in [2.05, 4.69) is 11.4 Å². The summed E-state index contributed by atoms with van der Waals surface area (Å²) < 4.78 is 15.1. The van der Waals surface area contributed by atoms with Crippen LogP contribution in [0.4, 0.5) is 0 Å². The van der Waals surface area contributed by atoms with E-state index in [-0.39, 0.29) is 24.6 Å². The van der Waals surface area contributed by atoms with Gasteiger partial charge in [0, 0.05) is 0 Å². The summed E-state index contributed by atoms with van der Waals surface area (Å²) in [5.41, 5.74) is 1.17. The number of phosphoric acid groups is 1. The maximum atomic E-state index is 10.7. The molecule has 0 radical (unpaired) electrons. The van der Waals surface area contributed by atoms with E-state index in [4.69, 9.17) is 9.79 Å². The van der Waals surface area contributed by atoms with Crippen molar-refractivity contribution in [3.8, 4) is 5.75 Å². The molecule has 6 heteroatoms. The zero-order chi connectivity index (χ0) is 14.1. The number of hydrogen-bond acceptors (Lipinski definition) is 2. The van der Waals surface area contributed by atoms with Crippen molar-refractivity contribution in [2.45, 2.75) is 51.9 Å². The summed E-state index contributed by atoms with van der Waals surface area (Å²) in [6.45, 7) is 2.21. The van der Waals surface area contributed by atoms with Gasteiger partial charge in [0.25, 0.3) is 0 Å². The molecule has 110 valence electrons. The summed E-state index contributed by atoms with van der Waals surface area (Å²) in [5, 5.41) is 0. The van der Waals surface area contributed by atoms with E-state index in [1.807, 2.05) is 12.1 Å². The SMILES string of the molecule is CCCCCCCCc1ccc(OP(=O)(O)O)cc1.[LiH]. The molecule has 0 aliphatic carbocycles. The molecule has 0 fully saturated rings. The molecule has 0 saturated heterocycles. The molecule has 2 N–H and O–H groups in total. The van der Waals surface area contributed by atoms with E-state index in [0.717, 1.165) is 12.8 Å². The predicted molar refractivity (Wildman–Crippen MR) is 83.3 cm³/mol. The standard InChI is InChI=1S/C14H23O4P.Li.H/c1-2-3-4-5-6-7-8-13-9-11-14(12-10-13)18-19(15,16)17;;/h9-12H,2-8H2,1H3,(H2,15,16,17);;. The van der Waals surface area contributed by atoms with Crippen LogP contribution in [0.25, 0.3) is 0 Å². The van der Waals surface area contributed by atoms with E-state index in [1.54, 1.807) is 12.1 Å². The first kappa shape index (κ1) is 19.8. The van der Waals surface area contributed by atoms with Crippen molar-refractivity contribution < 1.29 is 18.9 Å². The Labute approximate surface area is 133 Å². The number of phosphoric ester groups is 1. The van der Waals surface area contributed by atoms with Crippen LogP contribution >= 0.6 is 7.82 Å². The first-order valence-electron chi connectivity index (χ1n) is 6.85. The normalized spacial score (nSPS) is 10.9. The molecule has 0 aromatic heterocycles. The zero-order valence-electron chi connectivity index (χ0n) is 11.4. The van der Waals surface area contributed by atoms with E-state index >= 15 is 0 Å². The van der Waals surface area contributed by atoms with Gasteiger partial charge in [-0.15, -0.1) is 0 Å². The molecule has 0 spiro atoms. The molecule has 0 bridgehead atoms. The summed E-state index contributed by atoms with van der Waals surface area (Å²) in [5.74, 6) is 0.208. The number of rotatable bonds is 9. The zero-order valence-corrected chi connectivity index (χ0v) is 12.3. The summed E-state index contributed by atoms with van der Waals surface area (Å²) >= 11 is 0. The molecule has 0 saturated carbocycles. The topological polar surface area (TPSA) is 66.8 Å². The van der Waals surface area contributed by atoms with Crippen LogP contribution in [-0.4, -0.2) is 28.6 Å². The quantitative estimate of drug-likeness (QED) is 0.416. The van der Waals surface area contributed by atoms with Crippen molar-refractivity contribution in [3.63, 3.8) is 0 Å². The second-order valence-electron chi connectivity index (χ2n) is 4.74. The van der Waals surface area contributed by atoms with Crippen LogP contribution in [0.1, 0.15) is 51.0 Å². The van der Waals surface area contributed by atoms with Crippen LogP contribution in [0.15, 0.2) is 24.3 Å². The minimum absolute atomic E-state index is 0. The van der Waals surface area contributed by atoms with Crippen molar-refractivity contribution in [2.75, 3.05) is 0 Å². The second kappa shape index (κ2) is 10.5. The molecular formula is C14H24LiO4P. The van der Waals surface area contributed by atoms with Crippen LogP contribution in [0.5, 0.6) is 5.75 Å². The third kappa shape index (κ3) is 9.64. The third-order valence-electron chi connectivity index (χ3n) is 2.97. The van der Waals surface area contributed by atoms with Gasteiger partial charge in [0.15, 0.2) is 0 Å². The minimum atomic E-state index is -4.44. The maximum absolute atomic E-state index is 10.7. The molecule has 20 heavy (non-hydrogen) atoms. The average Bonchev–Trinajstić information content (AvgIpc) is 2.34. The first-order chi connectivity index (χ1) is 9.01. The van der Waals surface area contributed by atoms with Gasteiger partial charge in [-0.05, 0) is 30.5 Å². The van der Waals surface area contributed by atoms with Gasteiger partial charge >= 0.3 is 26.7 Å². The third-order valence-corrected chi connectivity index (χ3v) is 3.42. The van der Waals surface area contributed by atoms with Gasteiger partial charge in [0.1, 0.15) is 5.75 Å². The summed E-state index contributed by atoms with van der Waals surface area (Å²) in [4.78, 5) is 17.3. The van der Waals surface area contributed by atoms with Gasteiger partial charge in [0.05, 0.1) is 0 Å². The average molecular weight is 294 g/mol. The molecule has 0 heterocycles. The van der Waals surface area contributed by atoms with E-state index in [9.17, 15) is 4.57 Å². The molecular weight excluding hydrogens is 270 g/mol. The van der Waals surface area contributed by atoms with Crippen molar-refractivity contribution in [1.82, 2.24) is 0 Å². The summed E-state index contributed by atoms with van der Waals surface area (Å²) in [6.07, 6.45) is 8.57. The van der Waals surface area contributed by atoms with Gasteiger partial charge in [0.2, 0.25) is 0 Å². The Bertz CT molecular complexity index is 402. The number of benzene rings is 1. The van der Waals surface area contributed by atoms with Crippen LogP contribution in [0.3, 0.4) is 0 Å². The van der Waals surface area contributed by atoms with E-state index in [0.29, 0.717) is 0 Å². The molecule has 1 aromatic rings. The second-order valence-corrected chi connectivity index (χ2v) is 5.91. The van der Waals surface area contributed by atoms with Crippen LogP contribution in [0, 0.1) is 0 Å². The molecule has 4 nitrogen and oxygen atoms in total. The van der Waals surface area contributed by atoms with Crippen molar-refractivity contribution in [2.24, 2.45) is 0 Å². The van der Waals surface area contributed by atoms with Crippen molar-refractivity contribution in [1.29, 1.82) is 0 Å². The van der Waals surface area contributed by atoms with E-state index in [1.165, 1.54) is 37.7 Å². The van der Waals surface area contributed by atoms with Gasteiger partial charge in [-0.2, -0.15) is 0 Å². The van der Waals surface area contributed by atoms with Gasteiger partial charge in [-0.1, -0.05) is 51.2 Å². The molecule has 1 aromatic carbocycles. The fourth-order valence-electron chi connectivity index (χ4n) is 1.96. The molecule has 0 aliphatic rings. The molecule has 1 rings (SSSR count). The Morgan fingerprint density at radius 1 is 1.00 bits per heavy atom. The molecule has 0 atom stereocenters. The monoisotopic (exact) mass is 294 g/mol. The van der Waals surface area contributed by atoms with Crippen LogP contribution < -0.4 is 4.52 Å². The molecule has 0 aliphatic heterocycles. The number of hydrogen-bond donors (Lipinski definition) is 2. The fraction of sp³-hybridized carbons (Fsp3) is 0.571. The predicted octanol–water partition coefficient (Wildman–Crippen LogP) is 3.41. The van der Waals surface area contributed by atoms with Gasteiger partial charge < -0.3 is 4.52 Å². The first-order valence-corrected chi connectivity index (χ1v) is 8.38. The van der Waals surface area contributed by atoms with Gasteiger partial charge in [-0.3, -0.25) is 9.79 Å². The van der Waals surface area contributed by atoms with E-state index < -0.39 is 7.82 Å². The number of aryl methyl sites for hydroxylation is 1. The van der Waals surface area contributed by atoms with Crippen molar-refractivity contribution in [3.05, 3.63) is 29.8 Å². The van der Waals surface area contributed by atoms with Crippen LogP contribution in [0.2, 0.25) is 0 Å². The Hall–Kier alpha value is -0.233. The van der Waals surface area contributed by atoms with Crippen molar-refractivity contribution >= 4 is 26.7 Å². The summed E-state index contributed by atoms with van der Waals surface area (Å²) in [7, 11) is -4.44. The van der Waals surface area contributed by atoms with Crippen LogP contribution in [-0.2, 0) is 11.0 Å². The Morgan fingerprint density at radius 3 is 2.10 bits per heavy atom. The number of unbranched alkanes of at least 4 members (excludes halogenated alkanes) is 5. The van der Waals surface area contributed by atoms with Gasteiger partial charge in [-0.25, -0.2) is 4.57 Å². The Balaban J connectivity index is 0.00000361. The Kier molecular flexibility index (Phi) is 10.4. The summed E-state index contributed by atoms with van der Waals surface area (Å²) in [6, 6.07) is 6.92. The fourth-order valence-corrected chi connectivity index (χ4v) is 2.36. The molecule has 0 amide bonds. The Morgan fingerprint density at radius 2 is 1.55 bits per heavy atom.